The zero-order valence-electron chi connectivity index (χ0n) is 16.6. The van der Waals surface area contributed by atoms with E-state index in [4.69, 9.17) is 9.47 Å². The summed E-state index contributed by atoms with van der Waals surface area (Å²) in [6, 6.07) is 8.11. The molecule has 0 amide bonds. The fourth-order valence-corrected chi connectivity index (χ4v) is 4.41. The first-order valence-electron chi connectivity index (χ1n) is 9.42. The van der Waals surface area contributed by atoms with Crippen molar-refractivity contribution in [2.75, 3.05) is 52.8 Å². The van der Waals surface area contributed by atoms with E-state index in [-0.39, 0.29) is 4.75 Å². The van der Waals surface area contributed by atoms with Crippen molar-refractivity contribution in [1.82, 2.24) is 10.2 Å². The minimum atomic E-state index is 0.251. The summed E-state index contributed by atoms with van der Waals surface area (Å²) in [5.74, 6) is 2.99. The third kappa shape index (κ3) is 6.09. The van der Waals surface area contributed by atoms with Gasteiger partial charge < -0.3 is 19.7 Å². The van der Waals surface area contributed by atoms with Crippen LogP contribution in [-0.4, -0.2) is 68.4 Å². The topological polar surface area (TPSA) is 46.1 Å². The maximum Gasteiger partial charge on any atom is 0.193 e. The predicted octanol–water partition coefficient (Wildman–Crippen LogP) is 3.18. The van der Waals surface area contributed by atoms with Gasteiger partial charge in [0.15, 0.2) is 5.96 Å². The van der Waals surface area contributed by atoms with Crippen LogP contribution < -0.4 is 10.1 Å². The van der Waals surface area contributed by atoms with Crippen LogP contribution in [0.15, 0.2) is 29.3 Å². The normalized spacial score (nSPS) is 17.0. The molecule has 1 aliphatic heterocycles. The molecule has 1 aliphatic rings. The SMILES string of the molecule is CCSC1(CNC(=NC)N(C)CCOc2ccccc2C)CCOCC1. The number of benzene rings is 1. The van der Waals surface area contributed by atoms with Gasteiger partial charge in [0.2, 0.25) is 0 Å². The summed E-state index contributed by atoms with van der Waals surface area (Å²) < 4.78 is 11.7. The minimum Gasteiger partial charge on any atom is -0.491 e. The predicted molar refractivity (Wildman–Crippen MR) is 112 cm³/mol. The number of nitrogens with one attached hydrogen (secondary N) is 1. The standard InChI is InChI=1S/C20H33N3O2S/c1-5-26-20(10-13-24-14-11-20)16-22-19(21-3)23(4)12-15-25-18-9-7-6-8-17(18)2/h6-9H,5,10-16H2,1-4H3,(H,21,22). The van der Waals surface area contributed by atoms with Gasteiger partial charge in [-0.05, 0) is 37.1 Å². The summed E-state index contributed by atoms with van der Waals surface area (Å²) in [5.41, 5.74) is 1.16. The number of aryl methyl sites for hydroxylation is 1. The van der Waals surface area contributed by atoms with Gasteiger partial charge in [-0.2, -0.15) is 11.8 Å². The smallest absolute Gasteiger partial charge is 0.193 e. The van der Waals surface area contributed by atoms with Crippen LogP contribution in [0.2, 0.25) is 0 Å². The third-order valence-corrected chi connectivity index (χ3v) is 6.23. The molecule has 5 nitrogen and oxygen atoms in total. The second-order valence-corrected chi connectivity index (χ2v) is 8.40. The van der Waals surface area contributed by atoms with Crippen LogP contribution in [0.3, 0.4) is 0 Å². The Bertz CT molecular complexity index is 568. The van der Waals surface area contributed by atoms with Gasteiger partial charge >= 0.3 is 0 Å². The molecule has 1 N–H and O–H groups in total. The first kappa shape index (κ1) is 20.9. The lowest BCUT2D eigenvalue weighted by Gasteiger charge is -2.37. The van der Waals surface area contributed by atoms with Gasteiger partial charge in [0.05, 0.1) is 6.54 Å². The molecule has 1 fully saturated rings. The Morgan fingerprint density at radius 3 is 2.73 bits per heavy atom. The molecule has 6 heteroatoms. The Balaban J connectivity index is 1.82. The highest BCUT2D eigenvalue weighted by molar-refractivity contribution is 8.00. The molecule has 1 aromatic rings. The summed E-state index contributed by atoms with van der Waals surface area (Å²) in [6.07, 6.45) is 2.19. The highest BCUT2D eigenvalue weighted by Crippen LogP contribution is 2.34. The van der Waals surface area contributed by atoms with E-state index < -0.39 is 0 Å². The van der Waals surface area contributed by atoms with Gasteiger partial charge in [-0.25, -0.2) is 0 Å². The lowest BCUT2D eigenvalue weighted by molar-refractivity contribution is 0.0780. The van der Waals surface area contributed by atoms with Crippen molar-refractivity contribution in [2.45, 2.75) is 31.4 Å². The molecule has 0 spiro atoms. The molecule has 2 rings (SSSR count). The van der Waals surface area contributed by atoms with Gasteiger partial charge in [0.1, 0.15) is 12.4 Å². The van der Waals surface area contributed by atoms with Crippen molar-refractivity contribution in [3.8, 4) is 5.75 Å². The molecule has 26 heavy (non-hydrogen) atoms. The summed E-state index contributed by atoms with van der Waals surface area (Å²) in [5, 5.41) is 3.57. The fraction of sp³-hybridized carbons (Fsp3) is 0.650. The number of rotatable bonds is 8. The van der Waals surface area contributed by atoms with Crippen LogP contribution in [0.5, 0.6) is 5.75 Å². The molecule has 1 saturated heterocycles. The third-order valence-electron chi connectivity index (χ3n) is 4.77. The van der Waals surface area contributed by atoms with Crippen molar-refractivity contribution >= 4 is 17.7 Å². The van der Waals surface area contributed by atoms with E-state index in [1.54, 1.807) is 0 Å². The first-order chi connectivity index (χ1) is 12.6. The largest absolute Gasteiger partial charge is 0.491 e. The number of hydrogen-bond acceptors (Lipinski definition) is 4. The molecule has 0 saturated carbocycles. The van der Waals surface area contributed by atoms with Crippen molar-refractivity contribution in [1.29, 1.82) is 0 Å². The highest BCUT2D eigenvalue weighted by Gasteiger charge is 2.32. The van der Waals surface area contributed by atoms with Gasteiger partial charge in [0, 0.05) is 38.6 Å². The maximum atomic E-state index is 5.91. The van der Waals surface area contributed by atoms with E-state index in [2.05, 4.69) is 42.2 Å². The average molecular weight is 380 g/mol. The molecule has 1 aromatic carbocycles. The second kappa shape index (κ2) is 10.7. The average Bonchev–Trinajstić information content (AvgIpc) is 2.65. The molecule has 0 bridgehead atoms. The molecular weight excluding hydrogens is 346 g/mol. The van der Waals surface area contributed by atoms with Crippen molar-refractivity contribution in [2.24, 2.45) is 4.99 Å². The quantitative estimate of drug-likeness (QED) is 0.555. The Morgan fingerprint density at radius 1 is 1.35 bits per heavy atom. The number of para-hydroxylation sites is 1. The van der Waals surface area contributed by atoms with Crippen molar-refractivity contribution in [3.05, 3.63) is 29.8 Å². The minimum absolute atomic E-state index is 0.251. The number of ether oxygens (including phenoxy) is 2. The van der Waals surface area contributed by atoms with Gasteiger partial charge in [-0.15, -0.1) is 0 Å². The van der Waals surface area contributed by atoms with Crippen molar-refractivity contribution in [3.63, 3.8) is 0 Å². The number of likely N-dealkylation sites (N-methyl/N-ethyl adjacent to an activating group) is 1. The first-order valence-corrected chi connectivity index (χ1v) is 10.4. The molecule has 0 aromatic heterocycles. The number of guanidine groups is 1. The molecule has 0 aliphatic carbocycles. The Labute approximate surface area is 162 Å². The second-order valence-electron chi connectivity index (χ2n) is 6.66. The Hall–Kier alpha value is -1.40. The van der Waals surface area contributed by atoms with Crippen LogP contribution in [0, 0.1) is 6.92 Å². The van der Waals surface area contributed by atoms with Gasteiger partial charge in [0.25, 0.3) is 0 Å². The lowest BCUT2D eigenvalue weighted by Crippen LogP contribution is -2.49. The Kier molecular flexibility index (Phi) is 8.59. The van der Waals surface area contributed by atoms with Gasteiger partial charge in [-0.1, -0.05) is 25.1 Å². The van der Waals surface area contributed by atoms with E-state index in [1.165, 1.54) is 0 Å². The van der Waals surface area contributed by atoms with Crippen LogP contribution in [0.25, 0.3) is 0 Å². The monoisotopic (exact) mass is 379 g/mol. The maximum absolute atomic E-state index is 5.91. The van der Waals surface area contributed by atoms with Crippen molar-refractivity contribution < 1.29 is 9.47 Å². The summed E-state index contributed by atoms with van der Waals surface area (Å²) in [7, 11) is 3.89. The summed E-state index contributed by atoms with van der Waals surface area (Å²) in [6.45, 7) is 8.34. The Morgan fingerprint density at radius 2 is 2.08 bits per heavy atom. The van der Waals surface area contributed by atoms with E-state index >= 15 is 0 Å². The molecule has 0 atom stereocenters. The lowest BCUT2D eigenvalue weighted by atomic mass is 9.99. The zero-order valence-corrected chi connectivity index (χ0v) is 17.4. The summed E-state index contributed by atoms with van der Waals surface area (Å²) >= 11 is 2.04. The van der Waals surface area contributed by atoms with E-state index in [1.807, 2.05) is 37.0 Å². The van der Waals surface area contributed by atoms with E-state index in [0.717, 1.165) is 62.2 Å². The van der Waals surface area contributed by atoms with Crippen LogP contribution in [-0.2, 0) is 4.74 Å². The molecular formula is C20H33N3O2S. The molecule has 0 unspecified atom stereocenters. The van der Waals surface area contributed by atoms with Gasteiger partial charge in [-0.3, -0.25) is 4.99 Å². The van der Waals surface area contributed by atoms with Crippen LogP contribution >= 0.6 is 11.8 Å². The highest BCUT2D eigenvalue weighted by atomic mass is 32.2. The fourth-order valence-electron chi connectivity index (χ4n) is 3.16. The van der Waals surface area contributed by atoms with Crippen LogP contribution in [0.4, 0.5) is 0 Å². The number of thioether (sulfide) groups is 1. The summed E-state index contributed by atoms with van der Waals surface area (Å²) in [4.78, 5) is 6.57. The molecule has 1 heterocycles. The van der Waals surface area contributed by atoms with Crippen LogP contribution in [0.1, 0.15) is 25.3 Å². The number of hydrogen-bond donors (Lipinski definition) is 1. The number of nitrogens with zero attached hydrogens (tertiary/aromatic N) is 2. The molecule has 146 valence electrons. The number of aliphatic imine (C=N–C) groups is 1. The zero-order chi connectivity index (χ0) is 18.8. The van der Waals surface area contributed by atoms with E-state index in [9.17, 15) is 0 Å². The molecule has 0 radical (unpaired) electrons. The van der Waals surface area contributed by atoms with E-state index in [0.29, 0.717) is 6.61 Å².